The standard InChI is InChI=1S/C24H32N2O/c1-5-18(27)13-16-6-8-17(9-7-16)24-23-20-11-10-19(21(20)12-14(2)3)22(23)15(4)25-26-24/h6-9,14,19-23H,5,10-13H2,1-4H3. The molecule has 1 aromatic rings. The highest BCUT2D eigenvalue weighted by Crippen LogP contribution is 2.60. The second-order valence-electron chi connectivity index (χ2n) is 9.24. The van der Waals surface area contributed by atoms with Gasteiger partial charge in [-0.3, -0.25) is 4.79 Å². The molecule has 5 unspecified atom stereocenters. The van der Waals surface area contributed by atoms with Gasteiger partial charge in [-0.05, 0) is 61.0 Å². The van der Waals surface area contributed by atoms with Gasteiger partial charge in [0.05, 0.1) is 5.71 Å². The van der Waals surface area contributed by atoms with Gasteiger partial charge < -0.3 is 0 Å². The monoisotopic (exact) mass is 364 g/mol. The van der Waals surface area contributed by atoms with Gasteiger partial charge >= 0.3 is 0 Å². The number of rotatable bonds is 6. The molecule has 5 atom stereocenters. The largest absolute Gasteiger partial charge is 0.299 e. The Labute approximate surface area is 163 Å². The number of hydrogen-bond donors (Lipinski definition) is 0. The van der Waals surface area contributed by atoms with Crippen LogP contribution in [0.15, 0.2) is 34.5 Å². The third-order valence-corrected chi connectivity index (χ3v) is 7.15. The maximum absolute atomic E-state index is 11.7. The maximum atomic E-state index is 11.7. The molecule has 3 aliphatic rings. The summed E-state index contributed by atoms with van der Waals surface area (Å²) in [4.78, 5) is 11.7. The molecule has 2 bridgehead atoms. The number of benzene rings is 1. The molecule has 1 heterocycles. The Hall–Kier alpha value is -1.77. The number of fused-ring (bicyclic) bond motifs is 5. The number of carbonyl (C=O) groups is 1. The Morgan fingerprint density at radius 2 is 1.74 bits per heavy atom. The first-order valence-electron chi connectivity index (χ1n) is 10.7. The van der Waals surface area contributed by atoms with E-state index >= 15 is 0 Å². The maximum Gasteiger partial charge on any atom is 0.136 e. The van der Waals surface area contributed by atoms with Gasteiger partial charge in [0.2, 0.25) is 0 Å². The van der Waals surface area contributed by atoms with Crippen molar-refractivity contribution in [2.24, 2.45) is 45.7 Å². The van der Waals surface area contributed by atoms with Crippen LogP contribution >= 0.6 is 0 Å². The Morgan fingerprint density at radius 1 is 1.07 bits per heavy atom. The third-order valence-electron chi connectivity index (χ3n) is 7.15. The van der Waals surface area contributed by atoms with Crippen molar-refractivity contribution in [3.8, 4) is 0 Å². The fraction of sp³-hybridized carbons (Fsp3) is 0.625. The van der Waals surface area contributed by atoms with E-state index in [1.807, 2.05) is 6.92 Å². The van der Waals surface area contributed by atoms with E-state index in [1.54, 1.807) is 0 Å². The van der Waals surface area contributed by atoms with Crippen LogP contribution in [-0.4, -0.2) is 17.2 Å². The molecule has 0 saturated heterocycles. The SMILES string of the molecule is CCC(=O)Cc1ccc(C2=NN=C(C)C3C4CCC(C4CC(C)C)C23)cc1. The number of ketones is 1. The first kappa shape index (κ1) is 18.6. The first-order chi connectivity index (χ1) is 13.0. The molecule has 2 aliphatic carbocycles. The average molecular weight is 365 g/mol. The summed E-state index contributed by atoms with van der Waals surface area (Å²) in [6.45, 7) is 8.82. The minimum atomic E-state index is 0.294. The van der Waals surface area contributed by atoms with Crippen LogP contribution in [0, 0.1) is 35.5 Å². The van der Waals surface area contributed by atoms with Crippen LogP contribution in [0.3, 0.4) is 0 Å². The highest BCUT2D eigenvalue weighted by molar-refractivity contribution is 6.07. The molecule has 0 spiro atoms. The van der Waals surface area contributed by atoms with E-state index in [4.69, 9.17) is 5.10 Å². The van der Waals surface area contributed by atoms with Crippen molar-refractivity contribution in [2.75, 3.05) is 0 Å². The zero-order valence-electron chi connectivity index (χ0n) is 17.1. The Kier molecular flexibility index (Phi) is 5.05. The zero-order valence-corrected chi connectivity index (χ0v) is 17.1. The summed E-state index contributed by atoms with van der Waals surface area (Å²) in [7, 11) is 0. The van der Waals surface area contributed by atoms with Crippen LogP contribution in [0.25, 0.3) is 0 Å². The molecule has 0 aromatic heterocycles. The molecule has 3 heteroatoms. The van der Waals surface area contributed by atoms with Crippen LogP contribution in [0.5, 0.6) is 0 Å². The number of hydrogen-bond acceptors (Lipinski definition) is 3. The summed E-state index contributed by atoms with van der Waals surface area (Å²) in [5, 5.41) is 9.30. The van der Waals surface area contributed by atoms with Gasteiger partial charge in [-0.1, -0.05) is 45.0 Å². The summed E-state index contributed by atoms with van der Waals surface area (Å²) in [5.41, 5.74) is 4.74. The van der Waals surface area contributed by atoms with Crippen molar-refractivity contribution >= 4 is 17.2 Å². The van der Waals surface area contributed by atoms with E-state index in [2.05, 4.69) is 50.1 Å². The van der Waals surface area contributed by atoms with Crippen molar-refractivity contribution in [3.05, 3.63) is 35.4 Å². The third kappa shape index (κ3) is 3.30. The Balaban J connectivity index is 1.61. The lowest BCUT2D eigenvalue weighted by molar-refractivity contribution is -0.118. The van der Waals surface area contributed by atoms with Gasteiger partial charge in [0.25, 0.3) is 0 Å². The molecule has 27 heavy (non-hydrogen) atoms. The van der Waals surface area contributed by atoms with E-state index in [0.717, 1.165) is 29.2 Å². The molecule has 1 aliphatic heterocycles. The predicted molar refractivity (Wildman–Crippen MR) is 111 cm³/mol. The van der Waals surface area contributed by atoms with Gasteiger partial charge in [-0.15, -0.1) is 0 Å². The lowest BCUT2D eigenvalue weighted by atomic mass is 9.72. The number of Topliss-reactive ketones (excluding diaryl/α,β-unsaturated/α-hetero) is 1. The lowest BCUT2D eigenvalue weighted by Gasteiger charge is -2.33. The highest BCUT2D eigenvalue weighted by Gasteiger charge is 2.57. The predicted octanol–water partition coefficient (Wildman–Crippen LogP) is 5.32. The van der Waals surface area contributed by atoms with E-state index in [1.165, 1.54) is 36.2 Å². The van der Waals surface area contributed by atoms with E-state index < -0.39 is 0 Å². The van der Waals surface area contributed by atoms with Crippen LogP contribution in [0.2, 0.25) is 0 Å². The van der Waals surface area contributed by atoms with Crippen LogP contribution in [0.4, 0.5) is 0 Å². The number of carbonyl (C=O) groups excluding carboxylic acids is 1. The zero-order chi connectivity index (χ0) is 19.1. The minimum absolute atomic E-state index is 0.294. The normalized spacial score (nSPS) is 31.7. The molecule has 1 aromatic carbocycles. The van der Waals surface area contributed by atoms with Gasteiger partial charge in [0.15, 0.2) is 0 Å². The minimum Gasteiger partial charge on any atom is -0.299 e. The quantitative estimate of drug-likeness (QED) is 0.673. The first-order valence-corrected chi connectivity index (χ1v) is 10.7. The molecular weight excluding hydrogens is 332 g/mol. The molecule has 144 valence electrons. The Morgan fingerprint density at radius 3 is 2.37 bits per heavy atom. The average Bonchev–Trinajstić information content (AvgIpc) is 3.18. The molecule has 3 nitrogen and oxygen atoms in total. The molecule has 0 N–H and O–H groups in total. The van der Waals surface area contributed by atoms with Gasteiger partial charge in [-0.2, -0.15) is 10.2 Å². The second kappa shape index (κ2) is 7.33. The van der Waals surface area contributed by atoms with Crippen molar-refractivity contribution in [3.63, 3.8) is 0 Å². The molecular formula is C24H32N2O. The summed E-state index contributed by atoms with van der Waals surface area (Å²) < 4.78 is 0. The van der Waals surface area contributed by atoms with Crippen LogP contribution in [-0.2, 0) is 11.2 Å². The highest BCUT2D eigenvalue weighted by atomic mass is 16.1. The fourth-order valence-electron chi connectivity index (χ4n) is 6.05. The van der Waals surface area contributed by atoms with Crippen LogP contribution < -0.4 is 0 Å². The van der Waals surface area contributed by atoms with E-state index in [9.17, 15) is 4.79 Å². The van der Waals surface area contributed by atoms with E-state index in [-0.39, 0.29) is 0 Å². The smallest absolute Gasteiger partial charge is 0.136 e. The summed E-state index contributed by atoms with van der Waals surface area (Å²) in [6, 6.07) is 8.52. The van der Waals surface area contributed by atoms with Crippen molar-refractivity contribution in [2.45, 2.75) is 59.8 Å². The van der Waals surface area contributed by atoms with Crippen molar-refractivity contribution < 1.29 is 4.79 Å². The van der Waals surface area contributed by atoms with Gasteiger partial charge in [0.1, 0.15) is 5.78 Å². The topological polar surface area (TPSA) is 41.8 Å². The molecule has 4 rings (SSSR count). The van der Waals surface area contributed by atoms with Gasteiger partial charge in [0, 0.05) is 30.4 Å². The second-order valence-corrected chi connectivity index (χ2v) is 9.24. The molecule has 2 fully saturated rings. The lowest BCUT2D eigenvalue weighted by Crippen LogP contribution is -2.36. The molecule has 2 saturated carbocycles. The van der Waals surface area contributed by atoms with Crippen molar-refractivity contribution in [1.82, 2.24) is 0 Å². The number of nitrogens with zero attached hydrogens (tertiary/aromatic N) is 2. The fourth-order valence-corrected chi connectivity index (χ4v) is 6.05. The Bertz CT molecular complexity index is 774. The molecule has 0 radical (unpaired) electrons. The molecule has 0 amide bonds. The van der Waals surface area contributed by atoms with Gasteiger partial charge in [-0.25, -0.2) is 0 Å². The van der Waals surface area contributed by atoms with Crippen LogP contribution in [0.1, 0.15) is 64.5 Å². The van der Waals surface area contributed by atoms with Crippen molar-refractivity contribution in [1.29, 1.82) is 0 Å². The van der Waals surface area contributed by atoms with E-state index in [0.29, 0.717) is 30.5 Å². The summed E-state index contributed by atoms with van der Waals surface area (Å²) in [6.07, 6.45) is 5.18. The summed E-state index contributed by atoms with van der Waals surface area (Å²) in [5.74, 6) is 4.55. The summed E-state index contributed by atoms with van der Waals surface area (Å²) >= 11 is 0.